The molecule has 2 aromatic heterocycles. The molecule has 1 aliphatic carbocycles. The van der Waals surface area contributed by atoms with Crippen molar-refractivity contribution in [1.29, 1.82) is 0 Å². The number of hydrogen-bond donors (Lipinski definition) is 3. The Kier molecular flexibility index (Phi) is 7.64. The van der Waals surface area contributed by atoms with Crippen LogP contribution in [0.1, 0.15) is 41.6 Å². The van der Waals surface area contributed by atoms with E-state index in [0.717, 1.165) is 12.3 Å². The number of aromatic nitrogens is 2. The number of nitrogens with zero attached hydrogens (tertiary/aromatic N) is 1. The van der Waals surface area contributed by atoms with E-state index < -0.39 is 33.3 Å². The predicted octanol–water partition coefficient (Wildman–Crippen LogP) is 5.04. The molecule has 2 aliphatic rings. The van der Waals surface area contributed by atoms with Gasteiger partial charge in [-0.05, 0) is 49.9 Å². The smallest absolute Gasteiger partial charge is 0.214 e. The van der Waals surface area contributed by atoms with Crippen LogP contribution in [0.25, 0.3) is 11.0 Å². The Morgan fingerprint density at radius 1 is 1.02 bits per heavy atom. The fourth-order valence-electron chi connectivity index (χ4n) is 4.93. The molecule has 2 atom stereocenters. The summed E-state index contributed by atoms with van der Waals surface area (Å²) in [4.78, 5) is 20.3. The third-order valence-corrected chi connectivity index (χ3v) is 9.26. The molecule has 1 aliphatic heterocycles. The second kappa shape index (κ2) is 11.4. The van der Waals surface area contributed by atoms with Gasteiger partial charge in [0.1, 0.15) is 17.2 Å². The van der Waals surface area contributed by atoms with Crippen LogP contribution in [0.2, 0.25) is 0 Å². The van der Waals surface area contributed by atoms with Gasteiger partial charge in [0.15, 0.2) is 23.2 Å². The number of carbonyl (C=O) groups is 1. The minimum atomic E-state index is -3.32. The van der Waals surface area contributed by atoms with Crippen LogP contribution in [0.5, 0.6) is 11.5 Å². The number of sulfonamides is 1. The number of ether oxygens (including phenoxy) is 2. The summed E-state index contributed by atoms with van der Waals surface area (Å²) >= 11 is 0. The van der Waals surface area contributed by atoms with Crippen molar-refractivity contribution in [2.45, 2.75) is 43.1 Å². The zero-order valence-electron chi connectivity index (χ0n) is 22.2. The van der Waals surface area contributed by atoms with Crippen LogP contribution in [0, 0.1) is 17.5 Å². The molecule has 9 nitrogen and oxygen atoms in total. The molecule has 0 amide bonds. The van der Waals surface area contributed by atoms with Gasteiger partial charge >= 0.3 is 0 Å². The highest BCUT2D eigenvalue weighted by Crippen LogP contribution is 2.33. The molecule has 1 saturated carbocycles. The predicted molar refractivity (Wildman–Crippen MR) is 149 cm³/mol. The highest BCUT2D eigenvalue weighted by molar-refractivity contribution is 7.90. The van der Waals surface area contributed by atoms with Gasteiger partial charge in [0.2, 0.25) is 10.0 Å². The third kappa shape index (κ3) is 5.85. The zero-order chi connectivity index (χ0) is 29.4. The Morgan fingerprint density at radius 3 is 2.55 bits per heavy atom. The number of benzene rings is 2. The Labute approximate surface area is 239 Å². The highest BCUT2D eigenvalue weighted by Gasteiger charge is 2.36. The minimum absolute atomic E-state index is 0.000848. The van der Waals surface area contributed by atoms with Crippen molar-refractivity contribution < 1.29 is 35.9 Å². The summed E-state index contributed by atoms with van der Waals surface area (Å²) in [5.74, 6) is -3.03. The fourth-order valence-corrected chi connectivity index (χ4v) is 6.34. The number of halogens is 3. The van der Waals surface area contributed by atoms with Crippen molar-refractivity contribution >= 4 is 32.5 Å². The number of para-hydroxylation sites is 1. The highest BCUT2D eigenvalue weighted by atomic mass is 32.2. The monoisotopic (exact) mass is 600 g/mol. The topological polar surface area (TPSA) is 122 Å². The zero-order valence-corrected chi connectivity index (χ0v) is 23.0. The maximum absolute atomic E-state index is 15.1. The molecule has 220 valence electrons. The lowest BCUT2D eigenvalue weighted by molar-refractivity contribution is 0.0132. The number of H-pyrrole nitrogens is 1. The van der Waals surface area contributed by atoms with Crippen LogP contribution < -0.4 is 14.8 Å². The third-order valence-electron chi connectivity index (χ3n) is 7.34. The van der Waals surface area contributed by atoms with Crippen molar-refractivity contribution in [3.05, 3.63) is 83.4 Å². The number of carbonyl (C=O) groups excluding carboxylic acids is 1. The van der Waals surface area contributed by atoms with Gasteiger partial charge < -0.3 is 19.8 Å². The average molecular weight is 601 g/mol. The number of anilines is 1. The van der Waals surface area contributed by atoms with Crippen LogP contribution >= 0.6 is 0 Å². The van der Waals surface area contributed by atoms with Gasteiger partial charge in [0.25, 0.3) is 0 Å². The molecule has 6 rings (SSSR count). The molecule has 0 unspecified atom stereocenters. The number of pyridine rings is 1. The van der Waals surface area contributed by atoms with Crippen molar-refractivity contribution in [2.24, 2.45) is 0 Å². The Morgan fingerprint density at radius 2 is 1.83 bits per heavy atom. The molecule has 3 N–H and O–H groups in total. The molecule has 1 saturated heterocycles. The van der Waals surface area contributed by atoms with E-state index in [0.29, 0.717) is 25.7 Å². The van der Waals surface area contributed by atoms with E-state index in [-0.39, 0.29) is 69.9 Å². The molecular weight excluding hydrogens is 573 g/mol. The van der Waals surface area contributed by atoms with Crippen LogP contribution in [0.4, 0.5) is 18.9 Å². The number of aromatic amines is 1. The summed E-state index contributed by atoms with van der Waals surface area (Å²) in [5, 5.41) is 2.94. The van der Waals surface area contributed by atoms with Gasteiger partial charge in [-0.1, -0.05) is 12.1 Å². The molecule has 2 aromatic carbocycles. The molecule has 13 heteroatoms. The summed E-state index contributed by atoms with van der Waals surface area (Å²) < 4.78 is 82.1. The maximum atomic E-state index is 15.1. The molecule has 2 fully saturated rings. The quantitative estimate of drug-likeness (QED) is 0.218. The standard InChI is InChI=1S/C29H27F3N4O5S/c30-22-3-1-2-4-25(22)41-17-7-10-20(23(31)11-17)28(37)21-13-33-29-26(21)27(24(32)14-34-29)36-16-5-6-18(40-15-16)12-35-42(38,39)19-8-9-19/h1-4,7,10-11,13-14,16,18-19,35H,5-6,8-9,12,15H2,(H2,33,34,36)/t16-,18+/m1/s1. The summed E-state index contributed by atoms with van der Waals surface area (Å²) in [6.07, 6.45) is 4.49. The van der Waals surface area contributed by atoms with E-state index in [9.17, 15) is 17.6 Å². The van der Waals surface area contributed by atoms with Gasteiger partial charge in [-0.3, -0.25) is 4.79 Å². The summed E-state index contributed by atoms with van der Waals surface area (Å²) in [5.41, 5.74) is -0.0352. The van der Waals surface area contributed by atoms with Crippen LogP contribution in [-0.2, 0) is 14.8 Å². The molecule has 4 aromatic rings. The van der Waals surface area contributed by atoms with Crippen molar-refractivity contribution in [2.75, 3.05) is 18.5 Å². The number of rotatable bonds is 10. The summed E-state index contributed by atoms with van der Waals surface area (Å²) in [7, 11) is -3.32. The van der Waals surface area contributed by atoms with E-state index in [4.69, 9.17) is 9.47 Å². The molecular formula is C29H27F3N4O5S. The summed E-state index contributed by atoms with van der Waals surface area (Å²) in [6.45, 7) is 0.358. The lowest BCUT2D eigenvalue weighted by Crippen LogP contribution is -2.41. The normalized spacial score (nSPS) is 19.1. The molecule has 0 bridgehead atoms. The first-order valence-corrected chi connectivity index (χ1v) is 15.0. The van der Waals surface area contributed by atoms with E-state index >= 15 is 8.78 Å². The minimum Gasteiger partial charge on any atom is -0.454 e. The Balaban J connectivity index is 1.18. The molecule has 0 radical (unpaired) electrons. The van der Waals surface area contributed by atoms with Crippen LogP contribution in [-0.4, -0.2) is 54.7 Å². The van der Waals surface area contributed by atoms with Crippen LogP contribution in [0.15, 0.2) is 54.9 Å². The Hall–Kier alpha value is -3.94. The average Bonchev–Trinajstić information content (AvgIpc) is 3.76. The second-order valence-electron chi connectivity index (χ2n) is 10.4. The maximum Gasteiger partial charge on any atom is 0.214 e. The van der Waals surface area contributed by atoms with Crippen LogP contribution in [0.3, 0.4) is 0 Å². The molecule has 0 spiro atoms. The van der Waals surface area contributed by atoms with E-state index in [2.05, 4.69) is 20.0 Å². The van der Waals surface area contributed by atoms with Gasteiger partial charge in [-0.15, -0.1) is 0 Å². The lowest BCUT2D eigenvalue weighted by atomic mass is 10.0. The van der Waals surface area contributed by atoms with E-state index in [1.54, 1.807) is 6.07 Å². The number of nitrogens with one attached hydrogen (secondary N) is 3. The van der Waals surface area contributed by atoms with Crippen molar-refractivity contribution in [3.63, 3.8) is 0 Å². The first-order chi connectivity index (χ1) is 20.2. The summed E-state index contributed by atoms with van der Waals surface area (Å²) in [6, 6.07) is 8.88. The first kappa shape index (κ1) is 28.2. The molecule has 3 heterocycles. The van der Waals surface area contributed by atoms with Gasteiger partial charge in [-0.2, -0.15) is 0 Å². The van der Waals surface area contributed by atoms with Crippen molar-refractivity contribution in [1.82, 2.24) is 14.7 Å². The SMILES string of the molecule is O=C(c1ccc(Oc2ccccc2F)cc1F)c1c[nH]c2ncc(F)c(N[C@@H]3CC[C@@H](CNS(=O)(=O)C4CC4)OC3)c12. The van der Waals surface area contributed by atoms with Crippen molar-refractivity contribution in [3.8, 4) is 11.5 Å². The lowest BCUT2D eigenvalue weighted by Gasteiger charge is -2.30. The van der Waals surface area contributed by atoms with Gasteiger partial charge in [-0.25, -0.2) is 31.3 Å². The van der Waals surface area contributed by atoms with Gasteiger partial charge in [0, 0.05) is 24.8 Å². The van der Waals surface area contributed by atoms with E-state index in [1.165, 1.54) is 36.5 Å². The number of hydrogen-bond acceptors (Lipinski definition) is 7. The largest absolute Gasteiger partial charge is 0.454 e. The van der Waals surface area contributed by atoms with E-state index in [1.807, 2.05) is 0 Å². The Bertz CT molecular complexity index is 1750. The fraction of sp³-hybridized carbons (Fsp3) is 0.310. The second-order valence-corrected chi connectivity index (χ2v) is 12.4. The number of fused-ring (bicyclic) bond motifs is 1. The van der Waals surface area contributed by atoms with Gasteiger partial charge in [0.05, 0.1) is 46.4 Å². The number of ketones is 1. The molecule has 42 heavy (non-hydrogen) atoms. The first-order valence-electron chi connectivity index (χ1n) is 13.5.